The Morgan fingerprint density at radius 1 is 1.47 bits per heavy atom. The summed E-state index contributed by atoms with van der Waals surface area (Å²) in [6.45, 7) is 5.83. The van der Waals surface area contributed by atoms with Crippen LogP contribution in [0.2, 0.25) is 0 Å². The normalized spacial score (nSPS) is 19.6. The van der Waals surface area contributed by atoms with Crippen LogP contribution in [-0.4, -0.2) is 34.1 Å². The van der Waals surface area contributed by atoms with E-state index in [4.69, 9.17) is 11.6 Å². The van der Waals surface area contributed by atoms with Crippen LogP contribution < -0.4 is 0 Å². The highest BCUT2D eigenvalue weighted by Gasteiger charge is 2.16. The topological polar surface area (TPSA) is 21.1 Å². The van der Waals surface area contributed by atoms with Crippen LogP contribution in [0.15, 0.2) is 12.5 Å². The van der Waals surface area contributed by atoms with Crippen molar-refractivity contribution in [3.05, 3.63) is 18.2 Å². The molecule has 1 aromatic rings. The van der Waals surface area contributed by atoms with E-state index in [0.717, 1.165) is 12.2 Å². The van der Waals surface area contributed by atoms with E-state index in [9.17, 15) is 0 Å². The van der Waals surface area contributed by atoms with Crippen LogP contribution in [0.1, 0.15) is 31.5 Å². The summed E-state index contributed by atoms with van der Waals surface area (Å²) in [5.74, 6) is 0.546. The van der Waals surface area contributed by atoms with Crippen LogP contribution >= 0.6 is 11.6 Å². The molecule has 3 nitrogen and oxygen atoms in total. The van der Waals surface area contributed by atoms with Crippen molar-refractivity contribution in [3.8, 4) is 0 Å². The predicted octanol–water partition coefficient (Wildman–Crippen LogP) is 2.28. The molecule has 1 saturated heterocycles. The number of nitrogens with zero attached hydrogens (tertiary/aromatic N) is 3. The zero-order chi connectivity index (χ0) is 10.7. The van der Waals surface area contributed by atoms with E-state index in [1.165, 1.54) is 25.9 Å². The lowest BCUT2D eigenvalue weighted by Gasteiger charge is -2.22. The van der Waals surface area contributed by atoms with Gasteiger partial charge in [-0.25, -0.2) is 4.98 Å². The average molecular weight is 228 g/mol. The largest absolute Gasteiger partial charge is 0.329 e. The predicted molar refractivity (Wildman–Crippen MR) is 62.2 cm³/mol. The Hall–Kier alpha value is -0.540. The number of hydrogen-bond acceptors (Lipinski definition) is 2. The third-order valence-corrected chi connectivity index (χ3v) is 3.35. The van der Waals surface area contributed by atoms with Gasteiger partial charge in [0.15, 0.2) is 0 Å². The summed E-state index contributed by atoms with van der Waals surface area (Å²) >= 11 is 5.86. The Morgan fingerprint density at radius 3 is 2.87 bits per heavy atom. The second-order valence-electron chi connectivity index (χ2n) is 4.28. The Morgan fingerprint density at radius 2 is 2.20 bits per heavy atom. The van der Waals surface area contributed by atoms with Crippen LogP contribution in [0.3, 0.4) is 0 Å². The van der Waals surface area contributed by atoms with Crippen molar-refractivity contribution in [2.75, 3.05) is 19.6 Å². The number of hydrogen-bond donors (Lipinski definition) is 0. The zero-order valence-electron chi connectivity index (χ0n) is 9.19. The van der Waals surface area contributed by atoms with Crippen LogP contribution in [0.5, 0.6) is 0 Å². The molecule has 0 saturated carbocycles. The molecule has 0 N–H and O–H groups in total. The molecule has 0 bridgehead atoms. The SMILES string of the molecule is CC(CN1CCCC1)n1cncc1CCl. The Kier molecular flexibility index (Phi) is 3.65. The summed E-state index contributed by atoms with van der Waals surface area (Å²) in [6, 6.07) is 0.472. The molecule has 4 heteroatoms. The minimum absolute atomic E-state index is 0.472. The molecule has 1 aromatic heterocycles. The van der Waals surface area contributed by atoms with E-state index in [2.05, 4.69) is 21.4 Å². The van der Waals surface area contributed by atoms with Gasteiger partial charge in [-0.2, -0.15) is 0 Å². The van der Waals surface area contributed by atoms with Gasteiger partial charge in [-0.15, -0.1) is 11.6 Å². The maximum Gasteiger partial charge on any atom is 0.0951 e. The second-order valence-corrected chi connectivity index (χ2v) is 4.55. The summed E-state index contributed by atoms with van der Waals surface area (Å²) in [7, 11) is 0. The van der Waals surface area contributed by atoms with Crippen molar-refractivity contribution >= 4 is 11.6 Å². The number of halogens is 1. The molecule has 2 rings (SSSR count). The number of aromatic nitrogens is 2. The maximum atomic E-state index is 5.86. The van der Waals surface area contributed by atoms with Gasteiger partial charge < -0.3 is 9.47 Å². The van der Waals surface area contributed by atoms with Crippen molar-refractivity contribution in [2.24, 2.45) is 0 Å². The van der Waals surface area contributed by atoms with E-state index in [1.807, 2.05) is 12.5 Å². The minimum atomic E-state index is 0.472. The molecule has 0 radical (unpaired) electrons. The number of rotatable bonds is 4. The molecule has 0 aliphatic carbocycles. The van der Waals surface area contributed by atoms with Crippen LogP contribution in [0.25, 0.3) is 0 Å². The van der Waals surface area contributed by atoms with E-state index < -0.39 is 0 Å². The summed E-state index contributed by atoms with van der Waals surface area (Å²) in [6.07, 6.45) is 6.43. The van der Waals surface area contributed by atoms with Crippen molar-refractivity contribution < 1.29 is 0 Å². The average Bonchev–Trinajstić information content (AvgIpc) is 2.86. The third kappa shape index (κ3) is 2.52. The van der Waals surface area contributed by atoms with E-state index in [-0.39, 0.29) is 0 Å². The fourth-order valence-electron chi connectivity index (χ4n) is 2.26. The molecule has 1 unspecified atom stereocenters. The highest BCUT2D eigenvalue weighted by molar-refractivity contribution is 6.16. The Labute approximate surface area is 96.0 Å². The molecule has 1 fully saturated rings. The summed E-state index contributed by atoms with van der Waals surface area (Å²) in [4.78, 5) is 6.67. The van der Waals surface area contributed by atoms with Gasteiger partial charge in [-0.05, 0) is 32.9 Å². The lowest BCUT2D eigenvalue weighted by Crippen LogP contribution is -2.27. The molecule has 0 spiro atoms. The van der Waals surface area contributed by atoms with Gasteiger partial charge in [0.2, 0.25) is 0 Å². The van der Waals surface area contributed by atoms with E-state index in [1.54, 1.807) is 0 Å². The number of likely N-dealkylation sites (tertiary alicyclic amines) is 1. The van der Waals surface area contributed by atoms with Gasteiger partial charge in [0.1, 0.15) is 0 Å². The maximum absolute atomic E-state index is 5.86. The highest BCUT2D eigenvalue weighted by Crippen LogP contribution is 2.16. The van der Waals surface area contributed by atoms with Crippen molar-refractivity contribution in [2.45, 2.75) is 31.7 Å². The van der Waals surface area contributed by atoms with Crippen LogP contribution in [0, 0.1) is 0 Å². The first-order valence-corrected chi connectivity index (χ1v) is 6.13. The quantitative estimate of drug-likeness (QED) is 0.736. The monoisotopic (exact) mass is 227 g/mol. The number of imidazole rings is 1. The van der Waals surface area contributed by atoms with Gasteiger partial charge in [0.05, 0.1) is 17.9 Å². The molecular formula is C11H18ClN3. The first-order chi connectivity index (χ1) is 7.31. The highest BCUT2D eigenvalue weighted by atomic mass is 35.5. The molecule has 15 heavy (non-hydrogen) atoms. The minimum Gasteiger partial charge on any atom is -0.329 e. The molecule has 0 aromatic carbocycles. The Bertz CT molecular complexity index is 305. The number of alkyl halides is 1. The van der Waals surface area contributed by atoms with Crippen molar-refractivity contribution in [1.29, 1.82) is 0 Å². The fraction of sp³-hybridized carbons (Fsp3) is 0.727. The fourth-order valence-corrected chi connectivity index (χ4v) is 2.47. The van der Waals surface area contributed by atoms with Crippen LogP contribution in [0.4, 0.5) is 0 Å². The first kappa shape index (κ1) is 11.0. The van der Waals surface area contributed by atoms with E-state index in [0.29, 0.717) is 11.9 Å². The van der Waals surface area contributed by atoms with E-state index >= 15 is 0 Å². The van der Waals surface area contributed by atoms with Gasteiger partial charge in [0, 0.05) is 18.8 Å². The molecular weight excluding hydrogens is 210 g/mol. The van der Waals surface area contributed by atoms with Crippen LogP contribution in [-0.2, 0) is 5.88 Å². The molecule has 84 valence electrons. The molecule has 1 aliphatic rings. The summed E-state index contributed by atoms with van der Waals surface area (Å²) in [5.41, 5.74) is 1.11. The zero-order valence-corrected chi connectivity index (χ0v) is 9.95. The second kappa shape index (κ2) is 4.99. The van der Waals surface area contributed by atoms with Crippen molar-refractivity contribution in [3.63, 3.8) is 0 Å². The summed E-state index contributed by atoms with van der Waals surface area (Å²) in [5, 5.41) is 0. The third-order valence-electron chi connectivity index (χ3n) is 3.08. The standard InChI is InChI=1S/C11H18ClN3/c1-10(8-14-4-2-3-5-14)15-9-13-7-11(15)6-12/h7,9-10H,2-6,8H2,1H3. The lowest BCUT2D eigenvalue weighted by atomic mass is 10.3. The molecule has 1 atom stereocenters. The molecule has 2 heterocycles. The van der Waals surface area contributed by atoms with Gasteiger partial charge in [-0.3, -0.25) is 0 Å². The van der Waals surface area contributed by atoms with Gasteiger partial charge in [0.25, 0.3) is 0 Å². The van der Waals surface area contributed by atoms with Gasteiger partial charge >= 0.3 is 0 Å². The first-order valence-electron chi connectivity index (χ1n) is 5.60. The molecule has 1 aliphatic heterocycles. The Balaban J connectivity index is 1.97. The smallest absolute Gasteiger partial charge is 0.0951 e. The van der Waals surface area contributed by atoms with Crippen molar-refractivity contribution in [1.82, 2.24) is 14.5 Å². The van der Waals surface area contributed by atoms with Gasteiger partial charge in [-0.1, -0.05) is 0 Å². The lowest BCUT2D eigenvalue weighted by molar-refractivity contribution is 0.286. The summed E-state index contributed by atoms with van der Waals surface area (Å²) < 4.78 is 2.19. The molecule has 0 amide bonds.